The smallest absolute Gasteiger partial charge is 0.348 e. The standard InChI is InChI=1S/C12H11F4NO3/c1-6-2-3-8(18)7(4-6)9(19)5-10(17-20)12(15,16)11(13)14/h2-4,11,18,20H,5H2,1H3. The molecule has 0 heterocycles. The highest BCUT2D eigenvalue weighted by Gasteiger charge is 2.47. The van der Waals surface area contributed by atoms with Crippen molar-refractivity contribution in [3.05, 3.63) is 29.3 Å². The van der Waals surface area contributed by atoms with E-state index in [2.05, 4.69) is 5.16 Å². The molecule has 1 aromatic rings. The number of aromatic hydroxyl groups is 1. The molecule has 0 saturated heterocycles. The maximum absolute atomic E-state index is 13.0. The molecule has 110 valence electrons. The molecule has 2 N–H and O–H groups in total. The lowest BCUT2D eigenvalue weighted by Crippen LogP contribution is -2.38. The number of rotatable bonds is 5. The average Bonchev–Trinajstić information content (AvgIpc) is 2.37. The first-order valence-electron chi connectivity index (χ1n) is 5.40. The molecule has 0 fully saturated rings. The fraction of sp³-hybridized carbons (Fsp3) is 0.333. The monoisotopic (exact) mass is 293 g/mol. The summed E-state index contributed by atoms with van der Waals surface area (Å²) in [5.41, 5.74) is -1.40. The van der Waals surface area contributed by atoms with Crippen molar-refractivity contribution in [2.75, 3.05) is 0 Å². The number of hydrogen-bond acceptors (Lipinski definition) is 4. The van der Waals surface area contributed by atoms with Gasteiger partial charge < -0.3 is 10.3 Å². The van der Waals surface area contributed by atoms with Gasteiger partial charge in [0.2, 0.25) is 0 Å². The number of hydrogen-bond donors (Lipinski definition) is 2. The van der Waals surface area contributed by atoms with Gasteiger partial charge in [0.05, 0.1) is 12.0 Å². The molecule has 8 heteroatoms. The molecule has 0 atom stereocenters. The Morgan fingerprint density at radius 1 is 1.40 bits per heavy atom. The number of ketones is 1. The van der Waals surface area contributed by atoms with Crippen LogP contribution in [0.5, 0.6) is 5.75 Å². The SMILES string of the molecule is Cc1ccc(O)c(C(=O)CC(=NO)C(F)(F)C(F)F)c1. The predicted octanol–water partition coefficient (Wildman–Crippen LogP) is 3.00. The molecular weight excluding hydrogens is 282 g/mol. The molecule has 1 rings (SSSR count). The summed E-state index contributed by atoms with van der Waals surface area (Å²) in [6.07, 6.45) is -5.34. The summed E-state index contributed by atoms with van der Waals surface area (Å²) < 4.78 is 50.3. The first-order valence-corrected chi connectivity index (χ1v) is 5.40. The van der Waals surface area contributed by atoms with Crippen molar-refractivity contribution in [2.45, 2.75) is 25.7 Å². The number of Topliss-reactive ketones (excluding diaryl/α,β-unsaturated/α-hetero) is 1. The lowest BCUT2D eigenvalue weighted by atomic mass is 10.00. The Bertz CT molecular complexity index is 544. The Kier molecular flexibility index (Phi) is 4.69. The van der Waals surface area contributed by atoms with Crippen LogP contribution >= 0.6 is 0 Å². The van der Waals surface area contributed by atoms with Gasteiger partial charge in [-0.15, -0.1) is 0 Å². The first kappa shape index (κ1) is 15.9. The third-order valence-electron chi connectivity index (χ3n) is 2.56. The Morgan fingerprint density at radius 3 is 2.50 bits per heavy atom. The number of aryl methyl sites for hydroxylation is 1. The van der Waals surface area contributed by atoms with Crippen molar-refractivity contribution in [3.8, 4) is 5.75 Å². The minimum Gasteiger partial charge on any atom is -0.507 e. The van der Waals surface area contributed by atoms with Crippen LogP contribution in [0.15, 0.2) is 23.4 Å². The van der Waals surface area contributed by atoms with Gasteiger partial charge in [-0.2, -0.15) is 8.78 Å². The van der Waals surface area contributed by atoms with E-state index in [0.29, 0.717) is 5.56 Å². The van der Waals surface area contributed by atoms with E-state index >= 15 is 0 Å². The summed E-state index contributed by atoms with van der Waals surface area (Å²) in [5.74, 6) is -6.25. The maximum Gasteiger partial charge on any atom is 0.348 e. The van der Waals surface area contributed by atoms with Gasteiger partial charge in [-0.25, -0.2) is 8.78 Å². The summed E-state index contributed by atoms with van der Waals surface area (Å²) in [5, 5.41) is 19.9. The minimum atomic E-state index is -4.72. The van der Waals surface area contributed by atoms with Gasteiger partial charge in [-0.05, 0) is 19.1 Å². The van der Waals surface area contributed by atoms with Crippen LogP contribution in [0.2, 0.25) is 0 Å². The van der Waals surface area contributed by atoms with E-state index in [1.165, 1.54) is 18.2 Å². The van der Waals surface area contributed by atoms with Crippen molar-refractivity contribution < 1.29 is 32.7 Å². The molecule has 0 amide bonds. The second-order valence-corrected chi connectivity index (χ2v) is 4.09. The van der Waals surface area contributed by atoms with Gasteiger partial charge in [0.1, 0.15) is 11.5 Å². The molecule has 20 heavy (non-hydrogen) atoms. The van der Waals surface area contributed by atoms with Gasteiger partial charge in [0.15, 0.2) is 5.78 Å². The van der Waals surface area contributed by atoms with E-state index in [9.17, 15) is 27.5 Å². The summed E-state index contributed by atoms with van der Waals surface area (Å²) in [7, 11) is 0. The highest BCUT2D eigenvalue weighted by Crippen LogP contribution is 2.28. The molecule has 0 radical (unpaired) electrons. The highest BCUT2D eigenvalue weighted by atomic mass is 19.3. The number of phenols is 1. The minimum absolute atomic E-state index is 0.309. The summed E-state index contributed by atoms with van der Waals surface area (Å²) in [6.45, 7) is 1.59. The zero-order chi connectivity index (χ0) is 15.5. The molecule has 0 unspecified atom stereocenters. The molecule has 0 aliphatic rings. The largest absolute Gasteiger partial charge is 0.507 e. The molecule has 0 aliphatic heterocycles. The summed E-state index contributed by atoms with van der Waals surface area (Å²) in [6, 6.07) is 3.86. The Hall–Kier alpha value is -2.12. The Morgan fingerprint density at radius 2 is 2.00 bits per heavy atom. The highest BCUT2D eigenvalue weighted by molar-refractivity contribution is 6.12. The van der Waals surface area contributed by atoms with Crippen LogP contribution in [0.25, 0.3) is 0 Å². The van der Waals surface area contributed by atoms with Crippen LogP contribution in [-0.2, 0) is 0 Å². The zero-order valence-electron chi connectivity index (χ0n) is 10.3. The van der Waals surface area contributed by atoms with Crippen LogP contribution in [0.1, 0.15) is 22.3 Å². The van der Waals surface area contributed by atoms with Crippen molar-refractivity contribution >= 4 is 11.5 Å². The molecular formula is C12H11F4NO3. The zero-order valence-corrected chi connectivity index (χ0v) is 10.3. The van der Waals surface area contributed by atoms with E-state index in [1.807, 2.05) is 0 Å². The maximum atomic E-state index is 13.0. The second-order valence-electron chi connectivity index (χ2n) is 4.09. The molecule has 0 bridgehead atoms. The van der Waals surface area contributed by atoms with Crippen LogP contribution in [0, 0.1) is 6.92 Å². The van der Waals surface area contributed by atoms with Crippen molar-refractivity contribution in [1.82, 2.24) is 0 Å². The number of halogens is 4. The van der Waals surface area contributed by atoms with E-state index in [4.69, 9.17) is 5.21 Å². The fourth-order valence-electron chi connectivity index (χ4n) is 1.47. The lowest BCUT2D eigenvalue weighted by Gasteiger charge is -2.16. The normalized spacial score (nSPS) is 12.8. The van der Waals surface area contributed by atoms with Gasteiger partial charge in [0.25, 0.3) is 0 Å². The quantitative estimate of drug-likeness (QED) is 0.288. The van der Waals surface area contributed by atoms with Crippen molar-refractivity contribution in [3.63, 3.8) is 0 Å². The number of phenolic OH excluding ortho intramolecular Hbond substituents is 1. The van der Waals surface area contributed by atoms with Gasteiger partial charge in [-0.1, -0.05) is 16.8 Å². The summed E-state index contributed by atoms with van der Waals surface area (Å²) in [4.78, 5) is 11.7. The molecule has 0 saturated carbocycles. The van der Waals surface area contributed by atoms with Crippen LogP contribution in [0.3, 0.4) is 0 Å². The lowest BCUT2D eigenvalue weighted by molar-refractivity contribution is -0.0774. The topological polar surface area (TPSA) is 69.9 Å². The van der Waals surface area contributed by atoms with E-state index in [0.717, 1.165) is 0 Å². The van der Waals surface area contributed by atoms with E-state index in [-0.39, 0.29) is 5.56 Å². The molecule has 1 aromatic carbocycles. The van der Waals surface area contributed by atoms with E-state index in [1.54, 1.807) is 6.92 Å². The van der Waals surface area contributed by atoms with E-state index < -0.39 is 36.0 Å². The second kappa shape index (κ2) is 5.89. The third-order valence-corrected chi connectivity index (χ3v) is 2.56. The van der Waals surface area contributed by atoms with Gasteiger partial charge in [0, 0.05) is 0 Å². The van der Waals surface area contributed by atoms with Crippen LogP contribution < -0.4 is 0 Å². The van der Waals surface area contributed by atoms with Crippen molar-refractivity contribution in [2.24, 2.45) is 5.16 Å². The average molecular weight is 293 g/mol. The fourth-order valence-corrected chi connectivity index (χ4v) is 1.47. The number of nitrogens with zero attached hydrogens (tertiary/aromatic N) is 1. The first-order chi connectivity index (χ1) is 9.20. The Labute approximate surface area is 111 Å². The van der Waals surface area contributed by atoms with Gasteiger partial charge in [-0.3, -0.25) is 4.79 Å². The summed E-state index contributed by atoms with van der Waals surface area (Å²) >= 11 is 0. The molecule has 0 aliphatic carbocycles. The number of benzene rings is 1. The molecule has 0 spiro atoms. The number of carbonyl (C=O) groups is 1. The van der Waals surface area contributed by atoms with Crippen molar-refractivity contribution in [1.29, 1.82) is 0 Å². The number of carbonyl (C=O) groups excluding carboxylic acids is 1. The number of oxime groups is 1. The molecule has 0 aromatic heterocycles. The number of alkyl halides is 4. The third kappa shape index (κ3) is 3.25. The Balaban J connectivity index is 3.03. The van der Waals surface area contributed by atoms with Crippen LogP contribution in [0.4, 0.5) is 17.6 Å². The van der Waals surface area contributed by atoms with Crippen LogP contribution in [-0.4, -0.2) is 34.2 Å². The molecule has 4 nitrogen and oxygen atoms in total. The van der Waals surface area contributed by atoms with Gasteiger partial charge >= 0.3 is 12.3 Å². The predicted molar refractivity (Wildman–Crippen MR) is 62.0 cm³/mol.